The summed E-state index contributed by atoms with van der Waals surface area (Å²) in [4.78, 5) is 25.6. The minimum absolute atomic E-state index is 0.0581. The fourth-order valence-corrected chi connectivity index (χ4v) is 2.89. The number of likely N-dealkylation sites (tertiary alicyclic amines) is 1. The molecule has 0 aliphatic carbocycles. The number of aromatic nitrogens is 2. The number of carbonyl (C=O) groups is 2. The normalized spacial score (nSPS) is 18.7. The molecule has 1 aromatic carbocycles. The van der Waals surface area contributed by atoms with Gasteiger partial charge < -0.3 is 11.1 Å². The van der Waals surface area contributed by atoms with Crippen LogP contribution in [0.2, 0.25) is 0 Å². The lowest BCUT2D eigenvalue weighted by molar-refractivity contribution is -0.117. The number of nitrogens with one attached hydrogen (secondary N) is 2. The van der Waals surface area contributed by atoms with Crippen LogP contribution < -0.4 is 11.1 Å². The summed E-state index contributed by atoms with van der Waals surface area (Å²) in [7, 11) is 0. The van der Waals surface area contributed by atoms with Crippen LogP contribution in [0.3, 0.4) is 0 Å². The van der Waals surface area contributed by atoms with Crippen LogP contribution in [0.4, 0.5) is 5.69 Å². The maximum absolute atomic E-state index is 12.1. The molecule has 1 aliphatic rings. The molecule has 1 atom stereocenters. The highest BCUT2D eigenvalue weighted by Gasteiger charge is 2.22. The number of amides is 2. The van der Waals surface area contributed by atoms with Crippen molar-refractivity contribution in [2.75, 3.05) is 18.4 Å². The predicted molar refractivity (Wildman–Crippen MR) is 83.5 cm³/mol. The maximum atomic E-state index is 12.1. The van der Waals surface area contributed by atoms with Crippen molar-refractivity contribution >= 4 is 28.4 Å². The molecule has 22 heavy (non-hydrogen) atoms. The van der Waals surface area contributed by atoms with Crippen LogP contribution >= 0.6 is 0 Å². The van der Waals surface area contributed by atoms with E-state index in [0.29, 0.717) is 29.2 Å². The Morgan fingerprint density at radius 2 is 2.32 bits per heavy atom. The second-order valence-corrected chi connectivity index (χ2v) is 5.71. The monoisotopic (exact) mass is 301 g/mol. The lowest BCUT2D eigenvalue weighted by Gasteiger charge is -2.20. The quantitative estimate of drug-likeness (QED) is 0.786. The topological polar surface area (TPSA) is 104 Å². The lowest BCUT2D eigenvalue weighted by Crippen LogP contribution is -2.35. The molecule has 0 spiro atoms. The Hall–Kier alpha value is -2.41. The molecule has 1 saturated heterocycles. The summed E-state index contributed by atoms with van der Waals surface area (Å²) in [5.41, 5.74) is 6.81. The van der Waals surface area contributed by atoms with Gasteiger partial charge in [-0.25, -0.2) is 0 Å². The van der Waals surface area contributed by atoms with E-state index in [4.69, 9.17) is 5.73 Å². The molecule has 0 bridgehead atoms. The molecule has 1 aromatic heterocycles. The van der Waals surface area contributed by atoms with Gasteiger partial charge in [0.1, 0.15) is 0 Å². The lowest BCUT2D eigenvalue weighted by atomic mass is 10.2. The van der Waals surface area contributed by atoms with Crippen molar-refractivity contribution in [3.63, 3.8) is 0 Å². The molecule has 1 unspecified atom stereocenters. The Morgan fingerprint density at radius 3 is 3.00 bits per heavy atom. The van der Waals surface area contributed by atoms with Crippen LogP contribution in [-0.4, -0.2) is 46.0 Å². The number of nitrogens with two attached hydrogens (primary N) is 1. The van der Waals surface area contributed by atoms with E-state index in [1.54, 1.807) is 18.2 Å². The van der Waals surface area contributed by atoms with Crippen molar-refractivity contribution in [2.24, 2.45) is 5.73 Å². The van der Waals surface area contributed by atoms with Gasteiger partial charge in [-0.15, -0.1) is 0 Å². The van der Waals surface area contributed by atoms with E-state index in [0.717, 1.165) is 19.4 Å². The third kappa shape index (κ3) is 2.80. The second-order valence-electron chi connectivity index (χ2n) is 5.71. The summed E-state index contributed by atoms with van der Waals surface area (Å²) < 4.78 is 0. The van der Waals surface area contributed by atoms with Gasteiger partial charge in [0.15, 0.2) is 5.69 Å². The van der Waals surface area contributed by atoms with Crippen LogP contribution in [0.25, 0.3) is 10.9 Å². The van der Waals surface area contributed by atoms with Gasteiger partial charge in [-0.1, -0.05) is 0 Å². The van der Waals surface area contributed by atoms with Crippen LogP contribution in [0.5, 0.6) is 0 Å². The standard InChI is InChI=1S/C15H19N5O2/c1-9-3-2-6-20(9)8-13(21)17-10-4-5-12-11(7-10)14(15(16)22)19-18-12/h4-5,7,9H,2-3,6,8H2,1H3,(H2,16,22)(H,17,21)(H,18,19). The Morgan fingerprint density at radius 1 is 1.50 bits per heavy atom. The first kappa shape index (κ1) is 14.5. The smallest absolute Gasteiger partial charge is 0.269 e. The van der Waals surface area contributed by atoms with Crippen molar-refractivity contribution in [2.45, 2.75) is 25.8 Å². The average Bonchev–Trinajstić information content (AvgIpc) is 3.05. The zero-order chi connectivity index (χ0) is 15.7. The molecule has 3 rings (SSSR count). The molecule has 116 valence electrons. The van der Waals surface area contributed by atoms with E-state index < -0.39 is 5.91 Å². The summed E-state index contributed by atoms with van der Waals surface area (Å²) in [5, 5.41) is 10.1. The zero-order valence-corrected chi connectivity index (χ0v) is 12.4. The SMILES string of the molecule is CC1CCCN1CC(=O)Nc1ccc2[nH]nc(C(N)=O)c2c1. The summed E-state index contributed by atoms with van der Waals surface area (Å²) >= 11 is 0. The molecule has 2 aromatic rings. The molecule has 2 heterocycles. The van der Waals surface area contributed by atoms with E-state index >= 15 is 0 Å². The number of rotatable bonds is 4. The molecule has 1 aliphatic heterocycles. The van der Waals surface area contributed by atoms with E-state index in [-0.39, 0.29) is 11.6 Å². The fraction of sp³-hybridized carbons (Fsp3) is 0.400. The van der Waals surface area contributed by atoms with Gasteiger partial charge in [-0.05, 0) is 44.5 Å². The first-order valence-electron chi connectivity index (χ1n) is 7.36. The van der Waals surface area contributed by atoms with Gasteiger partial charge >= 0.3 is 0 Å². The van der Waals surface area contributed by atoms with Gasteiger partial charge in [0.25, 0.3) is 5.91 Å². The molecule has 0 saturated carbocycles. The van der Waals surface area contributed by atoms with Crippen molar-refractivity contribution in [1.82, 2.24) is 15.1 Å². The number of H-pyrrole nitrogens is 1. The van der Waals surface area contributed by atoms with Gasteiger partial charge in [0.2, 0.25) is 5.91 Å². The molecule has 1 fully saturated rings. The third-order valence-electron chi connectivity index (χ3n) is 4.12. The highest BCUT2D eigenvalue weighted by Crippen LogP contribution is 2.21. The molecule has 0 radical (unpaired) electrons. The van der Waals surface area contributed by atoms with Gasteiger partial charge in [-0.2, -0.15) is 5.10 Å². The van der Waals surface area contributed by atoms with Crippen molar-refractivity contribution in [1.29, 1.82) is 0 Å². The predicted octanol–water partition coefficient (Wildman–Crippen LogP) is 1.08. The molecular formula is C15H19N5O2. The maximum Gasteiger partial charge on any atom is 0.269 e. The molecule has 7 nitrogen and oxygen atoms in total. The number of primary amides is 1. The number of nitrogens with zero attached hydrogens (tertiary/aromatic N) is 2. The highest BCUT2D eigenvalue weighted by atomic mass is 16.2. The summed E-state index contributed by atoms with van der Waals surface area (Å²) in [6.45, 7) is 3.48. The number of benzene rings is 1. The Bertz CT molecular complexity index is 724. The Balaban J connectivity index is 1.74. The number of hydrogen-bond donors (Lipinski definition) is 3. The first-order valence-corrected chi connectivity index (χ1v) is 7.36. The molecule has 4 N–H and O–H groups in total. The number of carbonyl (C=O) groups excluding carboxylic acids is 2. The fourth-order valence-electron chi connectivity index (χ4n) is 2.89. The summed E-state index contributed by atoms with van der Waals surface area (Å²) in [6.07, 6.45) is 2.27. The minimum atomic E-state index is -0.597. The molecule has 7 heteroatoms. The Kier molecular flexibility index (Phi) is 3.81. The number of hydrogen-bond acceptors (Lipinski definition) is 4. The molecular weight excluding hydrogens is 282 g/mol. The number of aromatic amines is 1. The van der Waals surface area contributed by atoms with Crippen LogP contribution in [0.1, 0.15) is 30.3 Å². The van der Waals surface area contributed by atoms with E-state index in [1.165, 1.54) is 0 Å². The van der Waals surface area contributed by atoms with Crippen LogP contribution in [0, 0.1) is 0 Å². The van der Waals surface area contributed by atoms with Crippen molar-refractivity contribution < 1.29 is 9.59 Å². The summed E-state index contributed by atoms with van der Waals surface area (Å²) in [6, 6.07) is 5.70. The van der Waals surface area contributed by atoms with Crippen molar-refractivity contribution in [3.8, 4) is 0 Å². The third-order valence-corrected chi connectivity index (χ3v) is 4.12. The first-order chi connectivity index (χ1) is 10.5. The minimum Gasteiger partial charge on any atom is -0.364 e. The second kappa shape index (κ2) is 5.76. The van der Waals surface area contributed by atoms with Crippen LogP contribution in [0.15, 0.2) is 18.2 Å². The molecule has 2 amide bonds. The van der Waals surface area contributed by atoms with Gasteiger partial charge in [0.05, 0.1) is 12.1 Å². The van der Waals surface area contributed by atoms with Crippen LogP contribution in [-0.2, 0) is 4.79 Å². The Labute approximate surface area is 127 Å². The van der Waals surface area contributed by atoms with Crippen molar-refractivity contribution in [3.05, 3.63) is 23.9 Å². The van der Waals surface area contributed by atoms with Gasteiger partial charge in [0, 0.05) is 17.1 Å². The number of fused-ring (bicyclic) bond motifs is 1. The average molecular weight is 301 g/mol. The highest BCUT2D eigenvalue weighted by molar-refractivity contribution is 6.05. The van der Waals surface area contributed by atoms with E-state index in [2.05, 4.69) is 27.3 Å². The summed E-state index contributed by atoms with van der Waals surface area (Å²) in [5.74, 6) is -0.655. The van der Waals surface area contributed by atoms with E-state index in [9.17, 15) is 9.59 Å². The van der Waals surface area contributed by atoms with Gasteiger partial charge in [-0.3, -0.25) is 19.6 Å². The largest absolute Gasteiger partial charge is 0.364 e. The zero-order valence-electron chi connectivity index (χ0n) is 12.4. The number of anilines is 1. The van der Waals surface area contributed by atoms with E-state index in [1.807, 2.05) is 0 Å².